The third-order valence-electron chi connectivity index (χ3n) is 1.38. The van der Waals surface area contributed by atoms with Gasteiger partial charge in [0, 0.05) is 0 Å². The number of hydrogen-bond acceptors (Lipinski definition) is 5. The number of nitrogens with zero attached hydrogens (tertiary/aromatic N) is 1. The molecule has 3 N–H and O–H groups in total. The first-order valence-electron chi connectivity index (χ1n) is 4.44. The molecule has 0 fully saturated rings. The molecule has 0 bridgehead atoms. The van der Waals surface area contributed by atoms with E-state index in [0.29, 0.717) is 4.21 Å². The van der Waals surface area contributed by atoms with E-state index in [1.54, 1.807) is 6.20 Å². The highest BCUT2D eigenvalue weighted by molar-refractivity contribution is 8.24. The zero-order valence-electron chi connectivity index (χ0n) is 8.98. The predicted molar refractivity (Wildman–Crippen MR) is 62.5 cm³/mol. The van der Waals surface area contributed by atoms with Gasteiger partial charge >= 0.3 is 0 Å². The lowest BCUT2D eigenvalue weighted by atomic mass is 10.5. The van der Waals surface area contributed by atoms with Gasteiger partial charge in [0.1, 0.15) is 4.21 Å². The van der Waals surface area contributed by atoms with Crippen molar-refractivity contribution in [2.24, 2.45) is 5.14 Å². The highest BCUT2D eigenvalue weighted by Gasteiger charge is 2.15. The Bertz CT molecular complexity index is 264. The van der Waals surface area contributed by atoms with Crippen LogP contribution < -0.4 is 5.14 Å². The van der Waals surface area contributed by atoms with Crippen molar-refractivity contribution in [1.82, 2.24) is 4.98 Å². The van der Waals surface area contributed by atoms with E-state index in [-0.39, 0.29) is 0 Å². The van der Waals surface area contributed by atoms with Gasteiger partial charge in [0.25, 0.3) is 0 Å². The van der Waals surface area contributed by atoms with Crippen LogP contribution in [0.15, 0.2) is 10.4 Å². The molecule has 0 aromatic carbocycles. The summed E-state index contributed by atoms with van der Waals surface area (Å²) in [4.78, 5) is 4.07. The normalized spacial score (nSPS) is 16.4. The van der Waals surface area contributed by atoms with Gasteiger partial charge < -0.3 is 0 Å². The first-order chi connectivity index (χ1) is 6.60. The maximum Gasteiger partial charge on any atom is 0.147 e. The Balaban J connectivity index is 0.000000791. The zero-order valence-corrected chi connectivity index (χ0v) is 10.6. The lowest BCUT2D eigenvalue weighted by molar-refractivity contribution is 0.398. The fraction of sp³-hybridized carbons (Fsp3) is 0.625. The molecule has 14 heavy (non-hydrogen) atoms. The maximum absolute atomic E-state index is 9.51. The van der Waals surface area contributed by atoms with E-state index in [0.717, 1.165) is 11.4 Å². The second-order valence-corrected chi connectivity index (χ2v) is 5.45. The molecule has 0 amide bonds. The summed E-state index contributed by atoms with van der Waals surface area (Å²) in [5.74, 6) is 0. The zero-order chi connectivity index (χ0) is 11.2. The lowest BCUT2D eigenvalue weighted by Crippen LogP contribution is -2.09. The molecule has 0 saturated heterocycles. The summed E-state index contributed by atoms with van der Waals surface area (Å²) >= 11 is 1.39. The summed E-state index contributed by atoms with van der Waals surface area (Å²) in [6.45, 7) is 6.00. The van der Waals surface area contributed by atoms with Gasteiger partial charge in [0.05, 0.1) is 18.3 Å². The molecule has 1 atom stereocenters. The monoisotopic (exact) mass is 238 g/mol. The van der Waals surface area contributed by atoms with E-state index in [9.17, 15) is 4.55 Å². The van der Waals surface area contributed by atoms with Crippen LogP contribution in [0.25, 0.3) is 0 Å². The first-order valence-corrected chi connectivity index (χ1v) is 6.83. The molecule has 1 aromatic heterocycles. The van der Waals surface area contributed by atoms with E-state index in [1.807, 2.05) is 20.8 Å². The molecule has 0 saturated carbocycles. The van der Waals surface area contributed by atoms with Crippen molar-refractivity contribution in [3.8, 4) is 0 Å². The summed E-state index contributed by atoms with van der Waals surface area (Å²) in [6.07, 6.45) is 2.42. The minimum absolute atomic E-state index is 0.613. The van der Waals surface area contributed by atoms with E-state index >= 15 is 0 Å². The molecule has 0 spiro atoms. The summed E-state index contributed by atoms with van der Waals surface area (Å²) in [5, 5.41) is 6.45. The summed E-state index contributed by atoms with van der Waals surface area (Å²) in [5.41, 5.74) is 0. The van der Waals surface area contributed by atoms with Crippen LogP contribution in [0.4, 0.5) is 0 Å². The Morgan fingerprint density at radius 1 is 1.64 bits per heavy atom. The van der Waals surface area contributed by atoms with E-state index < -0.39 is 10.8 Å². The highest BCUT2D eigenvalue weighted by Crippen LogP contribution is 2.47. The molecule has 0 radical (unpaired) electrons. The van der Waals surface area contributed by atoms with Crippen LogP contribution in [0.3, 0.4) is 0 Å². The molecular formula is C8H18N2O2S2. The van der Waals surface area contributed by atoms with Crippen molar-refractivity contribution in [1.29, 1.82) is 0 Å². The van der Waals surface area contributed by atoms with E-state index in [4.69, 9.17) is 9.32 Å². The Hall–Kier alpha value is -0.140. The minimum atomic E-state index is -2.53. The molecule has 84 valence electrons. The SMILES string of the molecule is CC.CCc1ncc(S(N)(O)OC)s1. The molecule has 0 aliphatic rings. The van der Waals surface area contributed by atoms with E-state index in [1.165, 1.54) is 18.4 Å². The van der Waals surface area contributed by atoms with Crippen molar-refractivity contribution < 1.29 is 8.74 Å². The van der Waals surface area contributed by atoms with Crippen LogP contribution in [-0.2, 0) is 10.6 Å². The predicted octanol–water partition coefficient (Wildman–Crippen LogP) is 2.80. The summed E-state index contributed by atoms with van der Waals surface area (Å²) < 4.78 is 14.9. The van der Waals surface area contributed by atoms with Crippen LogP contribution >= 0.6 is 22.1 Å². The quantitative estimate of drug-likeness (QED) is 0.849. The molecule has 0 aliphatic heterocycles. The van der Waals surface area contributed by atoms with Gasteiger partial charge in [-0.15, -0.1) is 11.3 Å². The second-order valence-electron chi connectivity index (χ2n) is 2.16. The number of nitrogens with two attached hydrogens (primary N) is 1. The number of hydrogen-bond donors (Lipinski definition) is 2. The fourth-order valence-corrected chi connectivity index (χ4v) is 2.60. The Kier molecular flexibility index (Phi) is 6.30. The number of aryl methyl sites for hydroxylation is 1. The van der Waals surface area contributed by atoms with Crippen LogP contribution in [0.1, 0.15) is 25.8 Å². The highest BCUT2D eigenvalue weighted by atomic mass is 32.3. The summed E-state index contributed by atoms with van der Waals surface area (Å²) in [7, 11) is -1.14. The van der Waals surface area contributed by atoms with Crippen molar-refractivity contribution >= 4 is 22.1 Å². The molecule has 6 heteroatoms. The topological polar surface area (TPSA) is 68.4 Å². The van der Waals surface area contributed by atoms with Gasteiger partial charge in [0.15, 0.2) is 0 Å². The number of rotatable bonds is 3. The van der Waals surface area contributed by atoms with Crippen LogP contribution in [0.2, 0.25) is 0 Å². The van der Waals surface area contributed by atoms with E-state index in [2.05, 4.69) is 4.98 Å². The third kappa shape index (κ3) is 3.55. The maximum atomic E-state index is 9.51. The van der Waals surface area contributed by atoms with Gasteiger partial charge in [-0.2, -0.15) is 0 Å². The van der Waals surface area contributed by atoms with Crippen LogP contribution in [0, 0.1) is 0 Å². The van der Waals surface area contributed by atoms with Gasteiger partial charge in [-0.1, -0.05) is 31.5 Å². The van der Waals surface area contributed by atoms with Crippen molar-refractivity contribution in [3.63, 3.8) is 0 Å². The van der Waals surface area contributed by atoms with Gasteiger partial charge in [-0.3, -0.25) is 8.74 Å². The number of thiazole rings is 1. The molecule has 4 nitrogen and oxygen atoms in total. The van der Waals surface area contributed by atoms with Crippen molar-refractivity contribution in [3.05, 3.63) is 11.2 Å². The van der Waals surface area contributed by atoms with Crippen molar-refractivity contribution in [2.45, 2.75) is 31.4 Å². The van der Waals surface area contributed by atoms with Gasteiger partial charge in [0.2, 0.25) is 0 Å². The molecular weight excluding hydrogens is 220 g/mol. The molecule has 1 unspecified atom stereocenters. The Morgan fingerprint density at radius 2 is 2.21 bits per heavy atom. The molecule has 1 aromatic rings. The molecule has 1 heterocycles. The summed E-state index contributed by atoms with van der Waals surface area (Å²) in [6, 6.07) is 0. The van der Waals surface area contributed by atoms with Crippen LogP contribution in [-0.4, -0.2) is 16.6 Å². The lowest BCUT2D eigenvalue weighted by Gasteiger charge is -2.28. The average molecular weight is 238 g/mol. The van der Waals surface area contributed by atoms with Crippen LogP contribution in [0.5, 0.6) is 0 Å². The first kappa shape index (κ1) is 13.9. The van der Waals surface area contributed by atoms with Crippen molar-refractivity contribution in [2.75, 3.05) is 7.11 Å². The molecule has 0 aliphatic carbocycles. The van der Waals surface area contributed by atoms with Gasteiger partial charge in [-0.25, -0.2) is 10.1 Å². The number of aromatic nitrogens is 1. The second kappa shape index (κ2) is 6.36. The largest absolute Gasteiger partial charge is 0.281 e. The fourth-order valence-electron chi connectivity index (χ4n) is 0.674. The van der Waals surface area contributed by atoms with Gasteiger partial charge in [-0.05, 0) is 6.42 Å². The Morgan fingerprint density at radius 3 is 2.57 bits per heavy atom. The average Bonchev–Trinajstić information content (AvgIpc) is 2.70. The standard InChI is InChI=1S/C6H12N2O2S2.C2H6/c1-3-5-8-4-6(11-5)12(7,9)10-2;1-2/h4,9H,3,7H2,1-2H3;1-2H3. The smallest absolute Gasteiger partial charge is 0.147 e. The Labute approximate surface area is 91.0 Å². The third-order valence-corrected chi connectivity index (χ3v) is 4.47. The minimum Gasteiger partial charge on any atom is -0.281 e. The molecule has 1 rings (SSSR count).